The van der Waals surface area contributed by atoms with Gasteiger partial charge in [-0.25, -0.2) is 4.79 Å². The molecule has 2 rings (SSSR count). The minimum absolute atomic E-state index is 0.152. The van der Waals surface area contributed by atoms with Gasteiger partial charge in [-0.1, -0.05) is 41.5 Å². The number of carbonyl (C=O) groups is 2. The summed E-state index contributed by atoms with van der Waals surface area (Å²) in [6.07, 6.45) is 0. The number of nitrogens with zero attached hydrogens (tertiary/aromatic N) is 1. The van der Waals surface area contributed by atoms with E-state index in [0.29, 0.717) is 5.56 Å². The van der Waals surface area contributed by atoms with E-state index in [-0.39, 0.29) is 22.3 Å². The Morgan fingerprint density at radius 1 is 0.862 bits per heavy atom. The number of ether oxygens (including phenoxy) is 1. The van der Waals surface area contributed by atoms with Crippen LogP contribution >= 0.6 is 0 Å². The molecule has 0 radical (unpaired) electrons. The maximum absolute atomic E-state index is 13.0. The molecule has 0 fully saturated rings. The van der Waals surface area contributed by atoms with E-state index in [9.17, 15) is 9.59 Å². The molecule has 5 heteroatoms. The second kappa shape index (κ2) is 7.90. The first kappa shape index (κ1) is 22.5. The predicted molar refractivity (Wildman–Crippen MR) is 117 cm³/mol. The molecule has 1 amide bonds. The summed E-state index contributed by atoms with van der Waals surface area (Å²) < 4.78 is 5.79. The summed E-state index contributed by atoms with van der Waals surface area (Å²) in [5.41, 5.74) is 3.07. The molecule has 0 unspecified atom stereocenters. The first-order chi connectivity index (χ1) is 13.3. The molecule has 5 nitrogen and oxygen atoms in total. The van der Waals surface area contributed by atoms with Crippen molar-refractivity contribution in [3.05, 3.63) is 58.7 Å². The summed E-state index contributed by atoms with van der Waals surface area (Å²) >= 11 is 0. The van der Waals surface area contributed by atoms with Crippen LogP contribution in [0, 0.1) is 0 Å². The Bertz CT molecular complexity index is 880. The fourth-order valence-electron chi connectivity index (χ4n) is 3.21. The second-order valence-corrected chi connectivity index (χ2v) is 9.32. The van der Waals surface area contributed by atoms with Crippen molar-refractivity contribution in [2.24, 2.45) is 0 Å². The molecule has 0 saturated carbocycles. The minimum Gasteiger partial charge on any atom is -0.496 e. The van der Waals surface area contributed by atoms with Gasteiger partial charge in [0.2, 0.25) is 0 Å². The van der Waals surface area contributed by atoms with Crippen LogP contribution in [-0.4, -0.2) is 31.1 Å². The first-order valence-electron chi connectivity index (χ1n) is 9.61. The lowest BCUT2D eigenvalue weighted by Gasteiger charge is -2.31. The van der Waals surface area contributed by atoms with Crippen LogP contribution in [0.5, 0.6) is 5.75 Å². The lowest BCUT2D eigenvalue weighted by molar-refractivity contribution is 0.0696. The Balaban J connectivity index is 2.57. The number of hydrogen-bond donors (Lipinski definition) is 1. The number of benzene rings is 2. The van der Waals surface area contributed by atoms with E-state index in [0.717, 1.165) is 22.6 Å². The van der Waals surface area contributed by atoms with Gasteiger partial charge in [-0.15, -0.1) is 0 Å². The molecule has 0 saturated heterocycles. The maximum atomic E-state index is 13.0. The van der Waals surface area contributed by atoms with E-state index in [1.807, 2.05) is 12.1 Å². The molecule has 0 atom stereocenters. The number of hydrogen-bond acceptors (Lipinski definition) is 3. The monoisotopic (exact) mass is 397 g/mol. The van der Waals surface area contributed by atoms with E-state index in [4.69, 9.17) is 9.84 Å². The Morgan fingerprint density at radius 3 is 1.62 bits per heavy atom. The third kappa shape index (κ3) is 4.78. The average molecular weight is 398 g/mol. The number of carboxylic acid groups (broad SMARTS) is 1. The normalized spacial score (nSPS) is 11.9. The van der Waals surface area contributed by atoms with Gasteiger partial charge in [-0.05, 0) is 47.2 Å². The molecule has 29 heavy (non-hydrogen) atoms. The number of rotatable bonds is 4. The highest BCUT2D eigenvalue weighted by Gasteiger charge is 2.29. The zero-order valence-electron chi connectivity index (χ0n) is 18.6. The van der Waals surface area contributed by atoms with E-state index < -0.39 is 5.97 Å². The van der Waals surface area contributed by atoms with Crippen molar-refractivity contribution in [1.29, 1.82) is 0 Å². The van der Waals surface area contributed by atoms with Gasteiger partial charge in [0.1, 0.15) is 5.75 Å². The Labute approximate surface area is 173 Å². The molecule has 2 aromatic rings. The van der Waals surface area contributed by atoms with Crippen molar-refractivity contribution in [3.8, 4) is 5.75 Å². The van der Waals surface area contributed by atoms with Gasteiger partial charge in [0.15, 0.2) is 0 Å². The van der Waals surface area contributed by atoms with Gasteiger partial charge in [0.05, 0.1) is 12.7 Å². The van der Waals surface area contributed by atoms with Gasteiger partial charge in [0.25, 0.3) is 5.91 Å². The standard InChI is InChI=1S/C24H31NO4/c1-23(2,3)18-13-17(14-19(20(18)29-8)24(4,5)6)25(7)21(26)15-9-11-16(12-10-15)22(27)28/h9-14H,1-8H3,(H,27,28). The van der Waals surface area contributed by atoms with E-state index in [1.54, 1.807) is 31.2 Å². The number of methoxy groups -OCH3 is 1. The third-order valence-electron chi connectivity index (χ3n) is 4.96. The van der Waals surface area contributed by atoms with Crippen LogP contribution in [0.1, 0.15) is 73.4 Å². The highest BCUT2D eigenvalue weighted by molar-refractivity contribution is 6.06. The van der Waals surface area contributed by atoms with Crippen molar-refractivity contribution >= 4 is 17.6 Å². The van der Waals surface area contributed by atoms with Crippen molar-refractivity contribution in [3.63, 3.8) is 0 Å². The van der Waals surface area contributed by atoms with Crippen molar-refractivity contribution in [2.75, 3.05) is 19.1 Å². The highest BCUT2D eigenvalue weighted by Crippen LogP contribution is 2.42. The highest BCUT2D eigenvalue weighted by atomic mass is 16.5. The molecule has 156 valence electrons. The average Bonchev–Trinajstić information content (AvgIpc) is 2.64. The fraction of sp³-hybridized carbons (Fsp3) is 0.417. The fourth-order valence-corrected chi connectivity index (χ4v) is 3.21. The van der Waals surface area contributed by atoms with Crippen LogP contribution < -0.4 is 9.64 Å². The number of amides is 1. The molecule has 0 aliphatic heterocycles. The molecular weight excluding hydrogens is 366 g/mol. The molecule has 0 heterocycles. The second-order valence-electron chi connectivity index (χ2n) is 9.32. The Morgan fingerprint density at radius 2 is 1.28 bits per heavy atom. The molecular formula is C24H31NO4. The minimum atomic E-state index is -1.02. The zero-order chi connectivity index (χ0) is 22.1. The van der Waals surface area contributed by atoms with Gasteiger partial charge in [0, 0.05) is 29.4 Å². The molecule has 0 bridgehead atoms. The lowest BCUT2D eigenvalue weighted by Crippen LogP contribution is -2.28. The number of carboxylic acids is 1. The molecule has 1 N–H and O–H groups in total. The van der Waals surface area contributed by atoms with Gasteiger partial charge in [-0.3, -0.25) is 4.79 Å². The largest absolute Gasteiger partial charge is 0.496 e. The lowest BCUT2D eigenvalue weighted by atomic mass is 9.79. The molecule has 0 spiro atoms. The first-order valence-corrected chi connectivity index (χ1v) is 9.61. The Hall–Kier alpha value is -2.82. The number of aromatic carboxylic acids is 1. The van der Waals surface area contributed by atoms with E-state index >= 15 is 0 Å². The molecule has 2 aromatic carbocycles. The summed E-state index contributed by atoms with van der Waals surface area (Å²) in [4.78, 5) is 25.7. The van der Waals surface area contributed by atoms with Crippen LogP contribution in [0.3, 0.4) is 0 Å². The Kier molecular flexibility index (Phi) is 6.12. The summed E-state index contributed by atoms with van der Waals surface area (Å²) in [5, 5.41) is 9.06. The number of carbonyl (C=O) groups excluding carboxylic acids is 1. The summed E-state index contributed by atoms with van der Waals surface area (Å²) in [6, 6.07) is 9.97. The van der Waals surface area contributed by atoms with E-state index in [1.165, 1.54) is 12.1 Å². The van der Waals surface area contributed by atoms with E-state index in [2.05, 4.69) is 41.5 Å². The maximum Gasteiger partial charge on any atom is 0.335 e. The van der Waals surface area contributed by atoms with Crippen LogP contribution in [-0.2, 0) is 10.8 Å². The van der Waals surface area contributed by atoms with Gasteiger partial charge < -0.3 is 14.7 Å². The molecule has 0 aromatic heterocycles. The van der Waals surface area contributed by atoms with Crippen molar-refractivity contribution < 1.29 is 19.4 Å². The summed E-state index contributed by atoms with van der Waals surface area (Å²) in [6.45, 7) is 12.7. The molecule has 0 aliphatic rings. The van der Waals surface area contributed by atoms with Crippen LogP contribution in [0.25, 0.3) is 0 Å². The van der Waals surface area contributed by atoms with Crippen LogP contribution in [0.15, 0.2) is 36.4 Å². The predicted octanol–water partition coefficient (Wildman–Crippen LogP) is 5.27. The van der Waals surface area contributed by atoms with Crippen molar-refractivity contribution in [2.45, 2.75) is 52.4 Å². The summed E-state index contributed by atoms with van der Waals surface area (Å²) in [5.74, 6) is -0.371. The van der Waals surface area contributed by atoms with Gasteiger partial charge >= 0.3 is 5.97 Å². The smallest absolute Gasteiger partial charge is 0.335 e. The SMILES string of the molecule is COc1c(C(C)(C)C)cc(N(C)C(=O)c2ccc(C(=O)O)cc2)cc1C(C)(C)C. The van der Waals surface area contributed by atoms with Crippen molar-refractivity contribution in [1.82, 2.24) is 0 Å². The molecule has 0 aliphatic carbocycles. The quantitative estimate of drug-likeness (QED) is 0.764. The van der Waals surface area contributed by atoms with Crippen LogP contribution in [0.2, 0.25) is 0 Å². The zero-order valence-corrected chi connectivity index (χ0v) is 18.6. The van der Waals surface area contributed by atoms with Crippen LogP contribution in [0.4, 0.5) is 5.69 Å². The topological polar surface area (TPSA) is 66.8 Å². The third-order valence-corrected chi connectivity index (χ3v) is 4.96. The summed E-state index contributed by atoms with van der Waals surface area (Å²) in [7, 11) is 3.41. The number of anilines is 1. The van der Waals surface area contributed by atoms with Gasteiger partial charge in [-0.2, -0.15) is 0 Å².